The number of hydrogen-bond donors (Lipinski definition) is 1. The Morgan fingerprint density at radius 2 is 2.10 bits per heavy atom. The molecule has 0 radical (unpaired) electrons. The molecule has 1 N–H and O–H groups in total. The van der Waals surface area contributed by atoms with Crippen molar-refractivity contribution in [2.75, 3.05) is 11.3 Å². The summed E-state index contributed by atoms with van der Waals surface area (Å²) in [5, 5.41) is 0.324. The Morgan fingerprint density at radius 3 is 2.86 bits per heavy atom. The van der Waals surface area contributed by atoms with E-state index in [0.717, 1.165) is 17.7 Å². The molecule has 1 aromatic carbocycles. The number of aryl methyl sites for hydroxylation is 1. The number of pyridine rings is 1. The van der Waals surface area contributed by atoms with Crippen molar-refractivity contribution in [1.29, 1.82) is 0 Å². The van der Waals surface area contributed by atoms with Gasteiger partial charge in [0.1, 0.15) is 10.9 Å². The number of hydrogen-bond acceptors (Lipinski definition) is 4. The van der Waals surface area contributed by atoms with Gasteiger partial charge < -0.3 is 4.74 Å². The van der Waals surface area contributed by atoms with Crippen LogP contribution in [0.2, 0.25) is 5.15 Å². The molecule has 1 aliphatic heterocycles. The summed E-state index contributed by atoms with van der Waals surface area (Å²) >= 11 is 5.77. The Kier molecular flexibility index (Phi) is 3.51. The third-order valence-electron chi connectivity index (χ3n) is 3.27. The second-order valence-corrected chi connectivity index (χ2v) is 6.81. The van der Waals surface area contributed by atoms with Crippen LogP contribution >= 0.6 is 11.6 Å². The van der Waals surface area contributed by atoms with Gasteiger partial charge in [-0.25, -0.2) is 13.4 Å². The number of nitrogens with zero attached hydrogens (tertiary/aromatic N) is 1. The maximum atomic E-state index is 12.4. The zero-order valence-corrected chi connectivity index (χ0v) is 12.8. The summed E-state index contributed by atoms with van der Waals surface area (Å²) in [6.07, 6.45) is 0.722. The fraction of sp³-hybridized carbons (Fsp3) is 0.214. The molecule has 0 bridgehead atoms. The van der Waals surface area contributed by atoms with Crippen molar-refractivity contribution in [3.63, 3.8) is 0 Å². The highest BCUT2D eigenvalue weighted by Gasteiger charge is 2.20. The number of sulfonamides is 1. The van der Waals surface area contributed by atoms with Crippen LogP contribution < -0.4 is 9.46 Å². The van der Waals surface area contributed by atoms with Crippen LogP contribution in [0, 0.1) is 6.92 Å². The molecule has 1 aliphatic rings. The van der Waals surface area contributed by atoms with Crippen LogP contribution in [-0.4, -0.2) is 20.0 Å². The Bertz CT molecular complexity index is 806. The van der Waals surface area contributed by atoms with E-state index in [1.807, 2.05) is 0 Å². The third-order valence-corrected chi connectivity index (χ3v) is 4.84. The number of aromatic nitrogens is 1. The van der Waals surface area contributed by atoms with Crippen LogP contribution in [0.15, 0.2) is 35.2 Å². The lowest BCUT2D eigenvalue weighted by molar-refractivity contribution is 0.356. The number of benzene rings is 1. The molecule has 21 heavy (non-hydrogen) atoms. The quantitative estimate of drug-likeness (QED) is 0.881. The summed E-state index contributed by atoms with van der Waals surface area (Å²) < 4.78 is 32.8. The van der Waals surface area contributed by atoms with Gasteiger partial charge in [0, 0.05) is 6.42 Å². The fourth-order valence-corrected chi connectivity index (χ4v) is 3.53. The van der Waals surface area contributed by atoms with E-state index in [9.17, 15) is 8.42 Å². The average Bonchev–Trinajstić information content (AvgIpc) is 2.89. The first-order valence-corrected chi connectivity index (χ1v) is 8.23. The molecule has 0 atom stereocenters. The Labute approximate surface area is 128 Å². The van der Waals surface area contributed by atoms with Crippen LogP contribution in [0.1, 0.15) is 11.3 Å². The zero-order valence-electron chi connectivity index (χ0n) is 11.3. The molecule has 0 unspecified atom stereocenters. The largest absolute Gasteiger partial charge is 0.493 e. The van der Waals surface area contributed by atoms with E-state index in [4.69, 9.17) is 16.3 Å². The highest BCUT2D eigenvalue weighted by atomic mass is 35.5. The minimum absolute atomic E-state index is 0.209. The summed E-state index contributed by atoms with van der Waals surface area (Å²) in [4.78, 5) is 4.24. The maximum absolute atomic E-state index is 12.4. The average molecular weight is 325 g/mol. The predicted molar refractivity (Wildman–Crippen MR) is 80.4 cm³/mol. The first kappa shape index (κ1) is 14.2. The smallest absolute Gasteiger partial charge is 0.261 e. The van der Waals surface area contributed by atoms with E-state index < -0.39 is 10.0 Å². The topological polar surface area (TPSA) is 68.3 Å². The van der Waals surface area contributed by atoms with Crippen molar-refractivity contribution in [3.8, 4) is 5.75 Å². The molecule has 5 nitrogen and oxygen atoms in total. The molecule has 2 aromatic rings. The first-order valence-electron chi connectivity index (χ1n) is 6.37. The van der Waals surface area contributed by atoms with Gasteiger partial charge in [0.2, 0.25) is 0 Å². The lowest BCUT2D eigenvalue weighted by Crippen LogP contribution is -2.14. The predicted octanol–water partition coefficient (Wildman–Crippen LogP) is 2.78. The number of anilines is 1. The lowest BCUT2D eigenvalue weighted by atomic mass is 10.2. The molecule has 3 rings (SSSR count). The summed E-state index contributed by atoms with van der Waals surface area (Å²) in [5.41, 5.74) is 1.84. The van der Waals surface area contributed by atoms with Gasteiger partial charge in [-0.1, -0.05) is 11.6 Å². The zero-order chi connectivity index (χ0) is 15.0. The molecule has 0 aliphatic carbocycles. The second-order valence-electron chi connectivity index (χ2n) is 4.74. The SMILES string of the molecule is Cc1nc(Cl)ccc1NS(=O)(=O)c1ccc2c(c1)CCO2. The molecule has 0 spiro atoms. The van der Waals surface area contributed by atoms with Gasteiger partial charge in [-0.15, -0.1) is 0 Å². The number of nitrogens with one attached hydrogen (secondary N) is 1. The molecule has 7 heteroatoms. The first-order chi connectivity index (χ1) is 9.95. The van der Waals surface area contributed by atoms with Crippen LogP contribution in [0.3, 0.4) is 0 Å². The summed E-state index contributed by atoms with van der Waals surface area (Å²) in [7, 11) is -3.66. The van der Waals surface area contributed by atoms with E-state index in [2.05, 4.69) is 9.71 Å². The Balaban J connectivity index is 1.93. The highest BCUT2D eigenvalue weighted by molar-refractivity contribution is 7.92. The van der Waals surface area contributed by atoms with Crippen molar-refractivity contribution >= 4 is 27.3 Å². The van der Waals surface area contributed by atoms with Gasteiger partial charge in [0.25, 0.3) is 10.0 Å². The summed E-state index contributed by atoms with van der Waals surface area (Å²) in [6.45, 7) is 2.28. The van der Waals surface area contributed by atoms with Crippen molar-refractivity contribution in [2.24, 2.45) is 0 Å². The molecule has 0 saturated heterocycles. The van der Waals surface area contributed by atoms with Crippen molar-refractivity contribution in [1.82, 2.24) is 4.98 Å². The molecule has 0 amide bonds. The van der Waals surface area contributed by atoms with Crippen molar-refractivity contribution in [3.05, 3.63) is 46.7 Å². The normalized spacial score (nSPS) is 13.6. The van der Waals surface area contributed by atoms with Crippen molar-refractivity contribution in [2.45, 2.75) is 18.2 Å². The summed E-state index contributed by atoms with van der Waals surface area (Å²) in [6, 6.07) is 8.00. The summed E-state index contributed by atoms with van der Waals surface area (Å²) in [5.74, 6) is 0.748. The van der Waals surface area contributed by atoms with E-state index in [-0.39, 0.29) is 4.90 Å². The number of fused-ring (bicyclic) bond motifs is 1. The minimum atomic E-state index is -3.66. The molecule has 2 heterocycles. The van der Waals surface area contributed by atoms with E-state index in [0.29, 0.717) is 23.1 Å². The van der Waals surface area contributed by atoms with Gasteiger partial charge in [-0.3, -0.25) is 4.72 Å². The molecular formula is C14H13ClN2O3S. The van der Waals surface area contributed by atoms with Crippen LogP contribution in [0.4, 0.5) is 5.69 Å². The van der Waals surface area contributed by atoms with Gasteiger partial charge in [-0.2, -0.15) is 0 Å². The molecular weight excluding hydrogens is 312 g/mol. The van der Waals surface area contributed by atoms with E-state index in [1.54, 1.807) is 31.2 Å². The lowest BCUT2D eigenvalue weighted by Gasteiger charge is -2.11. The molecule has 0 saturated carbocycles. The van der Waals surface area contributed by atoms with Gasteiger partial charge in [0.05, 0.1) is 22.9 Å². The van der Waals surface area contributed by atoms with Crippen LogP contribution in [-0.2, 0) is 16.4 Å². The van der Waals surface area contributed by atoms with E-state index in [1.165, 1.54) is 6.07 Å². The number of halogens is 1. The van der Waals surface area contributed by atoms with Gasteiger partial charge in [-0.05, 0) is 42.8 Å². The fourth-order valence-electron chi connectivity index (χ4n) is 2.17. The van der Waals surface area contributed by atoms with Crippen molar-refractivity contribution < 1.29 is 13.2 Å². The van der Waals surface area contributed by atoms with E-state index >= 15 is 0 Å². The van der Waals surface area contributed by atoms with Gasteiger partial charge >= 0.3 is 0 Å². The van der Waals surface area contributed by atoms with Crippen LogP contribution in [0.25, 0.3) is 0 Å². The Morgan fingerprint density at radius 1 is 1.29 bits per heavy atom. The molecule has 110 valence electrons. The standard InChI is InChI=1S/C14H13ClN2O3S/c1-9-12(3-5-14(15)16-9)17-21(18,19)11-2-4-13-10(8-11)6-7-20-13/h2-5,8,17H,6-7H2,1H3. The highest BCUT2D eigenvalue weighted by Crippen LogP contribution is 2.28. The Hall–Kier alpha value is -1.79. The molecule has 1 aromatic heterocycles. The van der Waals surface area contributed by atoms with Gasteiger partial charge in [0.15, 0.2) is 0 Å². The number of rotatable bonds is 3. The van der Waals surface area contributed by atoms with Crippen LogP contribution in [0.5, 0.6) is 5.75 Å². The minimum Gasteiger partial charge on any atom is -0.493 e. The maximum Gasteiger partial charge on any atom is 0.261 e. The number of ether oxygens (including phenoxy) is 1. The molecule has 0 fully saturated rings. The monoisotopic (exact) mass is 324 g/mol. The second kappa shape index (κ2) is 5.20. The third kappa shape index (κ3) is 2.82.